The van der Waals surface area contributed by atoms with Gasteiger partial charge in [-0.15, -0.1) is 11.3 Å². The van der Waals surface area contributed by atoms with Crippen molar-refractivity contribution in [3.05, 3.63) is 21.9 Å². The van der Waals surface area contributed by atoms with Crippen molar-refractivity contribution < 1.29 is 5.11 Å². The predicted molar refractivity (Wildman–Crippen MR) is 78.8 cm³/mol. The molecule has 0 saturated heterocycles. The molecule has 0 amide bonds. The Morgan fingerprint density at radius 3 is 2.56 bits per heavy atom. The van der Waals surface area contributed by atoms with Crippen LogP contribution in [0.5, 0.6) is 0 Å². The molecule has 0 radical (unpaired) electrons. The smallest absolute Gasteiger partial charge is 0.0771 e. The molecule has 0 aliphatic rings. The number of hydrogen-bond donors (Lipinski definition) is 1. The van der Waals surface area contributed by atoms with Gasteiger partial charge in [0.15, 0.2) is 0 Å². The zero-order chi connectivity index (χ0) is 13.2. The predicted octanol–water partition coefficient (Wildman–Crippen LogP) is 3.10. The number of nitrogens with zero attached hydrogens (tertiary/aromatic N) is 1. The molecular weight excluding hydrogens is 242 g/mol. The molecule has 1 N–H and O–H groups in total. The maximum Gasteiger partial charge on any atom is 0.0771 e. The number of aliphatic hydroxyl groups excluding tert-OH is 1. The molecule has 3 heteroatoms. The van der Waals surface area contributed by atoms with Gasteiger partial charge in [-0.25, -0.2) is 0 Å². The van der Waals surface area contributed by atoms with Crippen molar-refractivity contribution >= 4 is 11.3 Å². The number of rotatable bonds is 7. The molecule has 0 fully saturated rings. The van der Waals surface area contributed by atoms with Crippen molar-refractivity contribution in [3.63, 3.8) is 0 Å². The molecule has 1 rings (SSSR count). The second kappa shape index (κ2) is 9.16. The van der Waals surface area contributed by atoms with Gasteiger partial charge in [0.25, 0.3) is 0 Å². The first-order valence-corrected chi connectivity index (χ1v) is 7.52. The van der Waals surface area contributed by atoms with E-state index in [0.29, 0.717) is 6.42 Å². The summed E-state index contributed by atoms with van der Waals surface area (Å²) in [5, 5.41) is 8.68. The van der Waals surface area contributed by atoms with E-state index in [-0.39, 0.29) is 6.61 Å². The average molecular weight is 265 g/mol. The van der Waals surface area contributed by atoms with E-state index >= 15 is 0 Å². The van der Waals surface area contributed by atoms with Crippen LogP contribution >= 0.6 is 11.3 Å². The van der Waals surface area contributed by atoms with Gasteiger partial charge in [0, 0.05) is 17.8 Å². The SMILES string of the molecule is CCCN(CCC)Cc1ccc(C#CCCO)s1. The molecule has 1 heterocycles. The fourth-order valence-corrected chi connectivity index (χ4v) is 2.78. The standard InChI is InChI=1S/C15H23NOS/c1-3-10-16(11-4-2)13-15-9-8-14(18-15)7-5-6-12-17/h8-9,17H,3-4,6,10-13H2,1-2H3. The first kappa shape index (κ1) is 15.2. The minimum Gasteiger partial charge on any atom is -0.395 e. The highest BCUT2D eigenvalue weighted by Gasteiger charge is 2.05. The van der Waals surface area contributed by atoms with Gasteiger partial charge in [0.05, 0.1) is 11.5 Å². The Morgan fingerprint density at radius 1 is 1.22 bits per heavy atom. The van der Waals surface area contributed by atoms with Crippen LogP contribution in [0.1, 0.15) is 42.9 Å². The van der Waals surface area contributed by atoms with Gasteiger partial charge in [-0.3, -0.25) is 4.90 Å². The molecule has 0 aromatic carbocycles. The van der Waals surface area contributed by atoms with Crippen molar-refractivity contribution in [2.45, 2.75) is 39.7 Å². The summed E-state index contributed by atoms with van der Waals surface area (Å²) in [6.07, 6.45) is 2.97. The zero-order valence-electron chi connectivity index (χ0n) is 11.4. The Bertz CT molecular complexity index is 383. The summed E-state index contributed by atoms with van der Waals surface area (Å²) in [5.41, 5.74) is 0. The van der Waals surface area contributed by atoms with E-state index < -0.39 is 0 Å². The Labute approximate surface area is 115 Å². The Hall–Kier alpha value is -0.820. The molecule has 18 heavy (non-hydrogen) atoms. The third-order valence-corrected chi connectivity index (χ3v) is 3.55. The van der Waals surface area contributed by atoms with Crippen LogP contribution in [0.3, 0.4) is 0 Å². The monoisotopic (exact) mass is 265 g/mol. The lowest BCUT2D eigenvalue weighted by molar-refractivity contribution is 0.269. The molecule has 0 bridgehead atoms. The highest BCUT2D eigenvalue weighted by molar-refractivity contribution is 7.12. The largest absolute Gasteiger partial charge is 0.395 e. The van der Waals surface area contributed by atoms with Gasteiger partial charge in [0.2, 0.25) is 0 Å². The van der Waals surface area contributed by atoms with Crippen LogP contribution in [0.15, 0.2) is 12.1 Å². The van der Waals surface area contributed by atoms with Crippen LogP contribution in [0.25, 0.3) is 0 Å². The molecule has 0 atom stereocenters. The summed E-state index contributed by atoms with van der Waals surface area (Å²) >= 11 is 1.77. The van der Waals surface area contributed by atoms with Crippen molar-refractivity contribution in [2.24, 2.45) is 0 Å². The summed E-state index contributed by atoms with van der Waals surface area (Å²) in [6.45, 7) is 7.96. The fourth-order valence-electron chi connectivity index (χ4n) is 1.86. The van der Waals surface area contributed by atoms with Crippen molar-refractivity contribution in [2.75, 3.05) is 19.7 Å². The van der Waals surface area contributed by atoms with E-state index in [1.165, 1.54) is 17.7 Å². The number of aliphatic hydroxyl groups is 1. The van der Waals surface area contributed by atoms with E-state index in [4.69, 9.17) is 5.11 Å². The second-order valence-electron chi connectivity index (χ2n) is 4.32. The Morgan fingerprint density at radius 2 is 1.94 bits per heavy atom. The third kappa shape index (κ3) is 5.68. The van der Waals surface area contributed by atoms with E-state index in [1.54, 1.807) is 11.3 Å². The van der Waals surface area contributed by atoms with E-state index in [2.05, 4.69) is 42.7 Å². The molecule has 0 saturated carbocycles. The Balaban J connectivity index is 2.54. The maximum atomic E-state index is 8.68. The molecule has 1 aromatic rings. The molecule has 0 unspecified atom stereocenters. The van der Waals surface area contributed by atoms with Crippen molar-refractivity contribution in [3.8, 4) is 11.8 Å². The first-order valence-electron chi connectivity index (χ1n) is 6.71. The van der Waals surface area contributed by atoms with Crippen LogP contribution in [0.2, 0.25) is 0 Å². The first-order chi connectivity index (χ1) is 8.80. The topological polar surface area (TPSA) is 23.5 Å². The third-order valence-electron chi connectivity index (χ3n) is 2.57. The highest BCUT2D eigenvalue weighted by atomic mass is 32.1. The second-order valence-corrected chi connectivity index (χ2v) is 5.49. The minimum atomic E-state index is 0.145. The van der Waals surface area contributed by atoms with Gasteiger partial charge >= 0.3 is 0 Å². The summed E-state index contributed by atoms with van der Waals surface area (Å²) in [5.74, 6) is 6.06. The van der Waals surface area contributed by atoms with E-state index in [1.807, 2.05) is 0 Å². The fraction of sp³-hybridized carbons (Fsp3) is 0.600. The molecule has 0 aliphatic heterocycles. The van der Waals surface area contributed by atoms with Crippen LogP contribution in [-0.4, -0.2) is 29.7 Å². The van der Waals surface area contributed by atoms with Crippen LogP contribution in [0, 0.1) is 11.8 Å². The quantitative estimate of drug-likeness (QED) is 0.766. The lowest BCUT2D eigenvalue weighted by Gasteiger charge is -2.19. The summed E-state index contributed by atoms with van der Waals surface area (Å²) in [4.78, 5) is 4.98. The lowest BCUT2D eigenvalue weighted by Crippen LogP contribution is -2.24. The van der Waals surface area contributed by atoms with Crippen LogP contribution in [-0.2, 0) is 6.54 Å². The summed E-state index contributed by atoms with van der Waals surface area (Å²) in [7, 11) is 0. The zero-order valence-corrected chi connectivity index (χ0v) is 12.2. The van der Waals surface area contributed by atoms with Gasteiger partial charge in [-0.05, 0) is 38.1 Å². The molecular formula is C15H23NOS. The van der Waals surface area contributed by atoms with Gasteiger partial charge in [-0.1, -0.05) is 25.7 Å². The Kier molecular flexibility index (Phi) is 7.75. The van der Waals surface area contributed by atoms with Crippen LogP contribution < -0.4 is 0 Å². The minimum absolute atomic E-state index is 0.145. The number of hydrogen-bond acceptors (Lipinski definition) is 3. The van der Waals surface area contributed by atoms with Gasteiger partial charge < -0.3 is 5.11 Å². The maximum absolute atomic E-state index is 8.68. The lowest BCUT2D eigenvalue weighted by atomic mass is 10.3. The molecule has 1 aromatic heterocycles. The van der Waals surface area contributed by atoms with Crippen LogP contribution in [0.4, 0.5) is 0 Å². The number of thiophene rings is 1. The molecule has 2 nitrogen and oxygen atoms in total. The normalized spacial score (nSPS) is 10.4. The summed E-state index contributed by atoms with van der Waals surface area (Å²) in [6, 6.07) is 4.26. The van der Waals surface area contributed by atoms with Crippen molar-refractivity contribution in [1.29, 1.82) is 0 Å². The highest BCUT2D eigenvalue weighted by Crippen LogP contribution is 2.17. The van der Waals surface area contributed by atoms with Gasteiger partial charge in [-0.2, -0.15) is 0 Å². The van der Waals surface area contributed by atoms with Gasteiger partial charge in [0.1, 0.15) is 0 Å². The molecule has 100 valence electrons. The molecule has 0 aliphatic carbocycles. The molecule has 0 spiro atoms. The van der Waals surface area contributed by atoms with E-state index in [9.17, 15) is 0 Å². The summed E-state index contributed by atoms with van der Waals surface area (Å²) < 4.78 is 0. The average Bonchev–Trinajstić information content (AvgIpc) is 2.78. The van der Waals surface area contributed by atoms with E-state index in [0.717, 1.165) is 24.5 Å². The van der Waals surface area contributed by atoms with Crippen molar-refractivity contribution in [1.82, 2.24) is 4.90 Å².